The Kier molecular flexibility index (Phi) is 10.1. The van der Waals surface area contributed by atoms with Crippen molar-refractivity contribution in [3.63, 3.8) is 0 Å². The predicted molar refractivity (Wildman–Crippen MR) is 141 cm³/mol. The predicted octanol–water partition coefficient (Wildman–Crippen LogP) is 10.4. The number of rotatable bonds is 9. The standard InChI is InChI=1S/C32H56/c1-3-5-6-8-26-11-15-28(16-12-26)30-19-23-32(24-20-30)31-21-17-29(18-22-31)27-13-9-25(7-4-2)10-14-27/h9,13,25-32H,3-8,10-12,14-24H2,1-2H3. The van der Waals surface area contributed by atoms with E-state index in [1.165, 1.54) is 51.4 Å². The van der Waals surface area contributed by atoms with E-state index in [2.05, 4.69) is 26.0 Å². The van der Waals surface area contributed by atoms with Gasteiger partial charge in [-0.15, -0.1) is 0 Å². The topological polar surface area (TPSA) is 0 Å². The minimum atomic E-state index is 0.902. The van der Waals surface area contributed by atoms with Crippen LogP contribution in [0.3, 0.4) is 0 Å². The molecule has 0 amide bonds. The molecule has 0 aromatic heterocycles. The van der Waals surface area contributed by atoms with Crippen LogP contribution in [0.4, 0.5) is 0 Å². The molecule has 0 radical (unpaired) electrons. The molecule has 0 heteroatoms. The molecule has 0 aliphatic heterocycles. The fourth-order valence-electron chi connectivity index (χ4n) is 8.67. The molecule has 0 bridgehead atoms. The Bertz CT molecular complexity index is 522. The van der Waals surface area contributed by atoms with Crippen molar-refractivity contribution < 1.29 is 0 Å². The van der Waals surface area contributed by atoms with E-state index in [1.807, 2.05) is 0 Å². The Morgan fingerprint density at radius 3 is 1.47 bits per heavy atom. The number of hydrogen-bond donors (Lipinski definition) is 0. The third-order valence-corrected chi connectivity index (χ3v) is 10.8. The van der Waals surface area contributed by atoms with Crippen molar-refractivity contribution >= 4 is 0 Å². The summed E-state index contributed by atoms with van der Waals surface area (Å²) in [5.74, 6) is 8.31. The van der Waals surface area contributed by atoms with E-state index in [-0.39, 0.29) is 0 Å². The molecule has 0 nitrogen and oxygen atoms in total. The van der Waals surface area contributed by atoms with E-state index in [4.69, 9.17) is 0 Å². The summed E-state index contributed by atoms with van der Waals surface area (Å²) in [5, 5.41) is 0. The minimum absolute atomic E-state index is 0.902. The summed E-state index contributed by atoms with van der Waals surface area (Å²) >= 11 is 0. The Hall–Kier alpha value is -0.260. The van der Waals surface area contributed by atoms with Crippen LogP contribution in [0.25, 0.3) is 0 Å². The van der Waals surface area contributed by atoms with Crippen molar-refractivity contribution in [1.29, 1.82) is 0 Å². The molecule has 0 aromatic rings. The molecule has 2 atom stereocenters. The van der Waals surface area contributed by atoms with Gasteiger partial charge in [-0.2, -0.15) is 0 Å². The second-order valence-corrected chi connectivity index (χ2v) is 12.8. The molecule has 0 saturated heterocycles. The number of allylic oxidation sites excluding steroid dienone is 2. The SMILES string of the molecule is CCCCCC1CCC(C2CCC(C3CCC(C4C=CC(CCC)CC4)CC3)CC2)CC1. The third-order valence-electron chi connectivity index (χ3n) is 10.8. The van der Waals surface area contributed by atoms with Crippen LogP contribution in [0.2, 0.25) is 0 Å². The molecule has 4 aliphatic carbocycles. The van der Waals surface area contributed by atoms with E-state index in [9.17, 15) is 0 Å². The molecule has 0 N–H and O–H groups in total. The van der Waals surface area contributed by atoms with Crippen LogP contribution in [0.1, 0.15) is 142 Å². The van der Waals surface area contributed by atoms with Crippen molar-refractivity contribution in [3.8, 4) is 0 Å². The molecule has 3 fully saturated rings. The fraction of sp³-hybridized carbons (Fsp3) is 0.938. The van der Waals surface area contributed by atoms with Gasteiger partial charge in [0.25, 0.3) is 0 Å². The molecule has 2 unspecified atom stereocenters. The van der Waals surface area contributed by atoms with Crippen LogP contribution in [0.5, 0.6) is 0 Å². The van der Waals surface area contributed by atoms with Gasteiger partial charge in [0.15, 0.2) is 0 Å². The van der Waals surface area contributed by atoms with E-state index in [0.717, 1.165) is 47.3 Å². The van der Waals surface area contributed by atoms with Crippen molar-refractivity contribution in [1.82, 2.24) is 0 Å². The highest BCUT2D eigenvalue weighted by Gasteiger charge is 2.35. The van der Waals surface area contributed by atoms with Gasteiger partial charge in [0.2, 0.25) is 0 Å². The normalized spacial score (nSPS) is 40.9. The van der Waals surface area contributed by atoms with Gasteiger partial charge in [0.05, 0.1) is 0 Å². The monoisotopic (exact) mass is 440 g/mol. The first-order valence-corrected chi connectivity index (χ1v) is 15.4. The highest BCUT2D eigenvalue weighted by Crippen LogP contribution is 2.47. The van der Waals surface area contributed by atoms with Crippen molar-refractivity contribution in [2.75, 3.05) is 0 Å². The lowest BCUT2D eigenvalue weighted by Crippen LogP contribution is -2.31. The number of hydrogen-bond acceptors (Lipinski definition) is 0. The maximum Gasteiger partial charge on any atom is -0.0205 e. The van der Waals surface area contributed by atoms with Gasteiger partial charge < -0.3 is 0 Å². The lowest BCUT2D eigenvalue weighted by molar-refractivity contribution is 0.0965. The molecule has 4 aliphatic rings. The van der Waals surface area contributed by atoms with Gasteiger partial charge in [-0.25, -0.2) is 0 Å². The average molecular weight is 441 g/mol. The molecular formula is C32H56. The van der Waals surface area contributed by atoms with Crippen molar-refractivity contribution in [2.45, 2.75) is 142 Å². The van der Waals surface area contributed by atoms with Crippen LogP contribution in [0.15, 0.2) is 12.2 Å². The highest BCUT2D eigenvalue weighted by atomic mass is 14.4. The molecule has 0 spiro atoms. The Balaban J connectivity index is 1.12. The molecular weight excluding hydrogens is 384 g/mol. The van der Waals surface area contributed by atoms with E-state index < -0.39 is 0 Å². The van der Waals surface area contributed by atoms with Gasteiger partial charge in [0.1, 0.15) is 0 Å². The quantitative estimate of drug-likeness (QED) is 0.247. The van der Waals surface area contributed by atoms with Crippen LogP contribution in [-0.4, -0.2) is 0 Å². The van der Waals surface area contributed by atoms with Gasteiger partial charge >= 0.3 is 0 Å². The molecule has 184 valence electrons. The maximum absolute atomic E-state index is 2.65. The Morgan fingerprint density at radius 1 is 0.469 bits per heavy atom. The van der Waals surface area contributed by atoms with E-state index in [1.54, 1.807) is 77.0 Å². The minimum Gasteiger partial charge on any atom is -0.0851 e. The summed E-state index contributed by atoms with van der Waals surface area (Å²) in [6.45, 7) is 4.68. The Morgan fingerprint density at radius 2 is 1.00 bits per heavy atom. The summed E-state index contributed by atoms with van der Waals surface area (Å²) in [7, 11) is 0. The summed E-state index contributed by atoms with van der Waals surface area (Å²) in [6.07, 6.45) is 35.7. The second kappa shape index (κ2) is 13.0. The second-order valence-electron chi connectivity index (χ2n) is 12.8. The summed E-state index contributed by atoms with van der Waals surface area (Å²) in [6, 6.07) is 0. The van der Waals surface area contributed by atoms with E-state index in [0.29, 0.717) is 0 Å². The summed E-state index contributed by atoms with van der Waals surface area (Å²) in [5.41, 5.74) is 0. The lowest BCUT2D eigenvalue weighted by atomic mass is 9.63. The first-order valence-electron chi connectivity index (χ1n) is 15.4. The zero-order valence-corrected chi connectivity index (χ0v) is 21.9. The molecule has 3 saturated carbocycles. The molecule has 32 heavy (non-hydrogen) atoms. The summed E-state index contributed by atoms with van der Waals surface area (Å²) in [4.78, 5) is 0. The fourth-order valence-corrected chi connectivity index (χ4v) is 8.67. The van der Waals surface area contributed by atoms with Gasteiger partial charge in [-0.1, -0.05) is 70.9 Å². The van der Waals surface area contributed by atoms with Gasteiger partial charge in [0, 0.05) is 0 Å². The molecule has 0 heterocycles. The average Bonchev–Trinajstić information content (AvgIpc) is 2.86. The summed E-state index contributed by atoms with van der Waals surface area (Å²) < 4.78 is 0. The first kappa shape index (κ1) is 24.9. The van der Waals surface area contributed by atoms with E-state index >= 15 is 0 Å². The smallest absolute Gasteiger partial charge is 0.0205 e. The van der Waals surface area contributed by atoms with Crippen LogP contribution >= 0.6 is 0 Å². The zero-order chi connectivity index (χ0) is 22.2. The molecule has 4 rings (SSSR count). The Labute approximate surface area is 201 Å². The highest BCUT2D eigenvalue weighted by molar-refractivity contribution is 5.01. The lowest BCUT2D eigenvalue weighted by Gasteiger charge is -2.42. The third kappa shape index (κ3) is 6.88. The van der Waals surface area contributed by atoms with Crippen molar-refractivity contribution in [2.24, 2.45) is 47.3 Å². The zero-order valence-electron chi connectivity index (χ0n) is 21.9. The van der Waals surface area contributed by atoms with Crippen LogP contribution < -0.4 is 0 Å². The van der Waals surface area contributed by atoms with Crippen LogP contribution in [-0.2, 0) is 0 Å². The molecule has 0 aromatic carbocycles. The maximum atomic E-state index is 2.65. The largest absolute Gasteiger partial charge is 0.0851 e. The van der Waals surface area contributed by atoms with Gasteiger partial charge in [-0.3, -0.25) is 0 Å². The first-order chi connectivity index (χ1) is 15.8. The van der Waals surface area contributed by atoms with Crippen LogP contribution in [0, 0.1) is 47.3 Å². The van der Waals surface area contributed by atoms with Crippen molar-refractivity contribution in [3.05, 3.63) is 12.2 Å². The van der Waals surface area contributed by atoms with Gasteiger partial charge in [-0.05, 0) is 131 Å². The number of unbranched alkanes of at least 4 members (excludes halogenated alkanes) is 2.